The van der Waals surface area contributed by atoms with Gasteiger partial charge in [-0.25, -0.2) is 4.39 Å². The van der Waals surface area contributed by atoms with Gasteiger partial charge in [-0.2, -0.15) is 0 Å². The number of hydrogen-bond acceptors (Lipinski definition) is 2. The Morgan fingerprint density at radius 2 is 2.05 bits per heavy atom. The molecule has 1 amide bonds. The number of nitrogens with zero attached hydrogens (tertiary/aromatic N) is 1. The molecule has 0 spiro atoms. The average Bonchev–Trinajstić information content (AvgIpc) is 2.40. The highest BCUT2D eigenvalue weighted by Gasteiger charge is 2.16. The van der Waals surface area contributed by atoms with Crippen LogP contribution < -0.4 is 0 Å². The monoisotopic (exact) mass is 309 g/mol. The van der Waals surface area contributed by atoms with Crippen LogP contribution in [0.5, 0.6) is 0 Å². The van der Waals surface area contributed by atoms with E-state index in [1.54, 1.807) is 19.2 Å². The largest absolute Gasteiger partial charge is 0.337 e. The van der Waals surface area contributed by atoms with Crippen molar-refractivity contribution < 1.29 is 9.18 Å². The molecular weight excluding hydrogens is 297 g/mol. The van der Waals surface area contributed by atoms with Crippen LogP contribution in [-0.4, -0.2) is 17.9 Å². The SMILES string of the molecule is CN(Cc1cccc(Cl)c1)C(=O)c1cc(S)ccc1F. The smallest absolute Gasteiger partial charge is 0.256 e. The topological polar surface area (TPSA) is 20.3 Å². The molecule has 5 heteroatoms. The quantitative estimate of drug-likeness (QED) is 0.848. The molecule has 20 heavy (non-hydrogen) atoms. The summed E-state index contributed by atoms with van der Waals surface area (Å²) in [5.41, 5.74) is 0.901. The van der Waals surface area contributed by atoms with Crippen molar-refractivity contribution in [2.24, 2.45) is 0 Å². The van der Waals surface area contributed by atoms with Crippen molar-refractivity contribution >= 4 is 30.1 Å². The van der Waals surface area contributed by atoms with Crippen molar-refractivity contribution in [1.29, 1.82) is 0 Å². The lowest BCUT2D eigenvalue weighted by Gasteiger charge is -2.18. The molecule has 2 rings (SSSR count). The molecule has 0 aliphatic rings. The Labute approximate surface area is 127 Å². The minimum absolute atomic E-state index is 0.0158. The molecule has 0 aliphatic heterocycles. The molecule has 2 nitrogen and oxygen atoms in total. The Morgan fingerprint density at radius 1 is 1.30 bits per heavy atom. The lowest BCUT2D eigenvalue weighted by molar-refractivity contribution is 0.0780. The van der Waals surface area contributed by atoms with E-state index in [4.69, 9.17) is 11.6 Å². The molecule has 0 saturated carbocycles. The van der Waals surface area contributed by atoms with E-state index in [0.717, 1.165) is 5.56 Å². The van der Waals surface area contributed by atoms with Gasteiger partial charge in [0, 0.05) is 23.5 Å². The van der Waals surface area contributed by atoms with Gasteiger partial charge in [0.2, 0.25) is 0 Å². The third-order valence-corrected chi connectivity index (χ3v) is 3.35. The Balaban J connectivity index is 2.18. The van der Waals surface area contributed by atoms with Crippen LogP contribution in [0, 0.1) is 5.82 Å². The van der Waals surface area contributed by atoms with Crippen LogP contribution in [0.15, 0.2) is 47.4 Å². The second kappa shape index (κ2) is 6.29. The number of benzene rings is 2. The van der Waals surface area contributed by atoms with Crippen LogP contribution in [0.2, 0.25) is 5.02 Å². The van der Waals surface area contributed by atoms with Crippen LogP contribution in [-0.2, 0) is 6.54 Å². The maximum atomic E-state index is 13.7. The first-order valence-electron chi connectivity index (χ1n) is 5.96. The number of hydrogen-bond donors (Lipinski definition) is 1. The van der Waals surface area contributed by atoms with E-state index in [9.17, 15) is 9.18 Å². The number of halogens is 2. The molecular formula is C15H13ClFNOS. The maximum absolute atomic E-state index is 13.7. The predicted molar refractivity (Wildman–Crippen MR) is 80.9 cm³/mol. The standard InChI is InChI=1S/C15H13ClFNOS/c1-18(9-10-3-2-4-11(16)7-10)15(19)13-8-12(20)5-6-14(13)17/h2-8,20H,9H2,1H3. The summed E-state index contributed by atoms with van der Waals surface area (Å²) in [5.74, 6) is -0.941. The van der Waals surface area contributed by atoms with E-state index in [2.05, 4.69) is 12.6 Å². The number of carbonyl (C=O) groups is 1. The van der Waals surface area contributed by atoms with Gasteiger partial charge in [0.1, 0.15) is 5.82 Å². The minimum atomic E-state index is -0.550. The third-order valence-electron chi connectivity index (χ3n) is 2.84. The maximum Gasteiger partial charge on any atom is 0.256 e. The summed E-state index contributed by atoms with van der Waals surface area (Å²) in [4.78, 5) is 14.2. The molecule has 0 aromatic heterocycles. The van der Waals surface area contributed by atoms with Gasteiger partial charge in [0.15, 0.2) is 0 Å². The Bertz CT molecular complexity index is 648. The Hall–Kier alpha value is -1.52. The normalized spacial score (nSPS) is 10.4. The van der Waals surface area contributed by atoms with Gasteiger partial charge >= 0.3 is 0 Å². The van der Waals surface area contributed by atoms with Crippen LogP contribution in [0.25, 0.3) is 0 Å². The fraction of sp³-hybridized carbons (Fsp3) is 0.133. The summed E-state index contributed by atoms with van der Waals surface area (Å²) in [6.07, 6.45) is 0. The summed E-state index contributed by atoms with van der Waals surface area (Å²) in [5, 5.41) is 0.604. The molecule has 0 fully saturated rings. The van der Waals surface area contributed by atoms with Gasteiger partial charge < -0.3 is 4.90 Å². The molecule has 0 saturated heterocycles. The molecule has 0 atom stereocenters. The van der Waals surface area contributed by atoms with E-state index in [0.29, 0.717) is 16.5 Å². The summed E-state index contributed by atoms with van der Waals surface area (Å²) in [7, 11) is 1.62. The third kappa shape index (κ3) is 3.52. The predicted octanol–water partition coefficient (Wildman–Crippen LogP) is 4.04. The molecule has 2 aromatic carbocycles. The van der Waals surface area contributed by atoms with E-state index in [-0.39, 0.29) is 5.56 Å². The number of carbonyl (C=O) groups excluding carboxylic acids is 1. The fourth-order valence-corrected chi connectivity index (χ4v) is 2.28. The second-order valence-electron chi connectivity index (χ2n) is 4.46. The van der Waals surface area contributed by atoms with E-state index >= 15 is 0 Å². The lowest BCUT2D eigenvalue weighted by atomic mass is 10.1. The zero-order valence-corrected chi connectivity index (χ0v) is 12.5. The van der Waals surface area contributed by atoms with Crippen molar-refractivity contribution in [3.05, 3.63) is 64.4 Å². The van der Waals surface area contributed by atoms with Crippen LogP contribution >= 0.6 is 24.2 Å². The molecule has 0 radical (unpaired) electrons. The molecule has 0 aliphatic carbocycles. The van der Waals surface area contributed by atoms with Crippen molar-refractivity contribution in [1.82, 2.24) is 4.90 Å². The van der Waals surface area contributed by atoms with Crippen LogP contribution in [0.4, 0.5) is 4.39 Å². The van der Waals surface area contributed by atoms with Gasteiger partial charge in [-0.1, -0.05) is 23.7 Å². The highest BCUT2D eigenvalue weighted by Crippen LogP contribution is 2.17. The summed E-state index contributed by atoms with van der Waals surface area (Å²) in [6.45, 7) is 0.357. The molecule has 0 bridgehead atoms. The highest BCUT2D eigenvalue weighted by atomic mass is 35.5. The van der Waals surface area contributed by atoms with E-state index in [1.165, 1.54) is 23.1 Å². The molecule has 2 aromatic rings. The van der Waals surface area contributed by atoms with Crippen molar-refractivity contribution in [3.8, 4) is 0 Å². The second-order valence-corrected chi connectivity index (χ2v) is 5.41. The summed E-state index contributed by atoms with van der Waals surface area (Å²) < 4.78 is 13.7. The zero-order valence-electron chi connectivity index (χ0n) is 10.8. The molecule has 104 valence electrons. The van der Waals surface area contributed by atoms with Gasteiger partial charge in [-0.05, 0) is 35.9 Å². The van der Waals surface area contributed by atoms with Crippen LogP contribution in [0.1, 0.15) is 15.9 Å². The first-order chi connectivity index (χ1) is 9.47. The number of amides is 1. The summed E-state index contributed by atoms with van der Waals surface area (Å²) in [6, 6.07) is 11.4. The first kappa shape index (κ1) is 14.9. The van der Waals surface area contributed by atoms with Crippen LogP contribution in [0.3, 0.4) is 0 Å². The molecule has 0 heterocycles. The van der Waals surface area contributed by atoms with Gasteiger partial charge in [0.05, 0.1) is 5.56 Å². The van der Waals surface area contributed by atoms with Gasteiger partial charge in [-0.15, -0.1) is 12.6 Å². The molecule has 0 N–H and O–H groups in total. The number of thiol groups is 1. The van der Waals surface area contributed by atoms with Gasteiger partial charge in [-0.3, -0.25) is 4.79 Å². The summed E-state index contributed by atoms with van der Waals surface area (Å²) >= 11 is 10.0. The highest BCUT2D eigenvalue weighted by molar-refractivity contribution is 7.80. The van der Waals surface area contributed by atoms with Crippen molar-refractivity contribution in [2.75, 3.05) is 7.05 Å². The van der Waals surface area contributed by atoms with E-state index < -0.39 is 11.7 Å². The molecule has 0 unspecified atom stereocenters. The average molecular weight is 310 g/mol. The Kier molecular flexibility index (Phi) is 4.68. The fourth-order valence-electron chi connectivity index (χ4n) is 1.86. The Morgan fingerprint density at radius 3 is 2.75 bits per heavy atom. The zero-order chi connectivity index (χ0) is 14.7. The minimum Gasteiger partial charge on any atom is -0.337 e. The van der Waals surface area contributed by atoms with Crippen molar-refractivity contribution in [2.45, 2.75) is 11.4 Å². The van der Waals surface area contributed by atoms with Gasteiger partial charge in [0.25, 0.3) is 5.91 Å². The number of rotatable bonds is 3. The van der Waals surface area contributed by atoms with E-state index in [1.807, 2.05) is 12.1 Å². The van der Waals surface area contributed by atoms with Crippen molar-refractivity contribution in [3.63, 3.8) is 0 Å². The lowest BCUT2D eigenvalue weighted by Crippen LogP contribution is -2.27. The first-order valence-corrected chi connectivity index (χ1v) is 6.78.